The van der Waals surface area contributed by atoms with Crippen molar-refractivity contribution >= 4 is 11.4 Å². The Balaban J connectivity index is 2.38. The first-order chi connectivity index (χ1) is 9.01. The van der Waals surface area contributed by atoms with Crippen LogP contribution >= 0.6 is 0 Å². The molecule has 0 N–H and O–H groups in total. The quantitative estimate of drug-likeness (QED) is 0.604. The van der Waals surface area contributed by atoms with E-state index in [1.165, 1.54) is 6.07 Å². The molecule has 0 aliphatic carbocycles. The minimum Gasteiger partial charge on any atom is -0.365 e. The summed E-state index contributed by atoms with van der Waals surface area (Å²) >= 11 is 0. The molecule has 5 nitrogen and oxygen atoms in total. The van der Waals surface area contributed by atoms with E-state index in [4.69, 9.17) is 5.26 Å². The number of nitriles is 1. The lowest BCUT2D eigenvalue weighted by molar-refractivity contribution is -0.384. The van der Waals surface area contributed by atoms with E-state index in [9.17, 15) is 10.1 Å². The van der Waals surface area contributed by atoms with Crippen LogP contribution in [0.25, 0.3) is 0 Å². The molecule has 0 bridgehead atoms. The second-order valence-electron chi connectivity index (χ2n) is 5.42. The van der Waals surface area contributed by atoms with Gasteiger partial charge in [0.05, 0.1) is 16.6 Å². The molecule has 0 saturated carbocycles. The molecule has 1 aliphatic rings. The van der Waals surface area contributed by atoms with Crippen molar-refractivity contribution in [1.82, 2.24) is 0 Å². The fraction of sp³-hybridized carbons (Fsp3) is 0.500. The molecular formula is C14H17N3O2. The fourth-order valence-corrected chi connectivity index (χ4v) is 2.87. The van der Waals surface area contributed by atoms with Gasteiger partial charge in [-0.3, -0.25) is 10.1 Å². The number of nitrogens with zero attached hydrogens (tertiary/aromatic N) is 3. The third-order valence-corrected chi connectivity index (χ3v) is 3.51. The maximum atomic E-state index is 11.2. The zero-order valence-electron chi connectivity index (χ0n) is 11.2. The first kappa shape index (κ1) is 13.3. The molecule has 0 unspecified atom stereocenters. The van der Waals surface area contributed by atoms with Crippen LogP contribution in [-0.2, 0) is 0 Å². The van der Waals surface area contributed by atoms with Gasteiger partial charge in [0, 0.05) is 19.2 Å². The van der Waals surface area contributed by atoms with Crippen molar-refractivity contribution in [3.8, 4) is 6.07 Å². The molecule has 2 atom stereocenters. The Hall–Kier alpha value is -2.09. The van der Waals surface area contributed by atoms with Gasteiger partial charge in [-0.2, -0.15) is 5.26 Å². The van der Waals surface area contributed by atoms with E-state index in [1.54, 1.807) is 12.1 Å². The van der Waals surface area contributed by atoms with E-state index < -0.39 is 4.92 Å². The fourth-order valence-electron chi connectivity index (χ4n) is 2.87. The third-order valence-electron chi connectivity index (χ3n) is 3.51. The molecule has 1 aromatic carbocycles. The summed E-state index contributed by atoms with van der Waals surface area (Å²) in [5.74, 6) is 1.05. The Bertz CT molecular complexity index is 526. The number of hydrogen-bond donors (Lipinski definition) is 0. The zero-order chi connectivity index (χ0) is 14.0. The van der Waals surface area contributed by atoms with E-state index in [0.29, 0.717) is 23.1 Å². The van der Waals surface area contributed by atoms with Crippen molar-refractivity contribution < 1.29 is 4.92 Å². The summed E-state index contributed by atoms with van der Waals surface area (Å²) < 4.78 is 0. The average molecular weight is 259 g/mol. The second kappa shape index (κ2) is 5.27. The van der Waals surface area contributed by atoms with Gasteiger partial charge >= 0.3 is 0 Å². The summed E-state index contributed by atoms with van der Waals surface area (Å²) in [6, 6.07) is 6.65. The molecule has 1 aliphatic heterocycles. The number of piperidine rings is 1. The molecule has 100 valence electrons. The van der Waals surface area contributed by atoms with Gasteiger partial charge in [0.1, 0.15) is 5.69 Å². The highest BCUT2D eigenvalue weighted by Crippen LogP contribution is 2.33. The molecule has 0 radical (unpaired) electrons. The predicted octanol–water partition coefficient (Wildman–Crippen LogP) is 2.95. The summed E-state index contributed by atoms with van der Waals surface area (Å²) in [6.45, 7) is 5.99. The van der Waals surface area contributed by atoms with Gasteiger partial charge in [-0.15, -0.1) is 0 Å². The molecule has 2 rings (SSSR count). The van der Waals surface area contributed by atoms with Crippen LogP contribution in [-0.4, -0.2) is 18.0 Å². The smallest absolute Gasteiger partial charge is 0.293 e. The molecule has 1 aromatic rings. The van der Waals surface area contributed by atoms with Crippen LogP contribution in [0.2, 0.25) is 0 Å². The summed E-state index contributed by atoms with van der Waals surface area (Å²) in [5.41, 5.74) is 0.983. The average Bonchev–Trinajstić information content (AvgIpc) is 2.36. The van der Waals surface area contributed by atoms with Crippen molar-refractivity contribution in [3.05, 3.63) is 33.9 Å². The maximum Gasteiger partial charge on any atom is 0.293 e. The van der Waals surface area contributed by atoms with Crippen LogP contribution in [0.5, 0.6) is 0 Å². The summed E-state index contributed by atoms with van der Waals surface area (Å²) in [6.07, 6.45) is 1.15. The van der Waals surface area contributed by atoms with Gasteiger partial charge in [0.25, 0.3) is 5.69 Å². The van der Waals surface area contributed by atoms with Crippen LogP contribution in [0.1, 0.15) is 25.8 Å². The molecule has 5 heteroatoms. The molecule has 0 spiro atoms. The number of nitro groups is 1. The van der Waals surface area contributed by atoms with E-state index in [2.05, 4.69) is 18.7 Å². The van der Waals surface area contributed by atoms with Crippen molar-refractivity contribution in [2.75, 3.05) is 18.0 Å². The van der Waals surface area contributed by atoms with Crippen LogP contribution in [0, 0.1) is 33.3 Å². The highest BCUT2D eigenvalue weighted by atomic mass is 16.6. The Morgan fingerprint density at radius 1 is 1.37 bits per heavy atom. The molecule has 1 saturated heterocycles. The topological polar surface area (TPSA) is 70.2 Å². The summed E-state index contributed by atoms with van der Waals surface area (Å²) in [7, 11) is 0. The molecule has 1 heterocycles. The van der Waals surface area contributed by atoms with Crippen LogP contribution in [0.4, 0.5) is 11.4 Å². The lowest BCUT2D eigenvalue weighted by Gasteiger charge is -2.36. The van der Waals surface area contributed by atoms with Crippen molar-refractivity contribution in [3.63, 3.8) is 0 Å². The van der Waals surface area contributed by atoms with Gasteiger partial charge in [0.15, 0.2) is 0 Å². The van der Waals surface area contributed by atoms with Crippen molar-refractivity contribution in [2.45, 2.75) is 20.3 Å². The van der Waals surface area contributed by atoms with Gasteiger partial charge < -0.3 is 4.90 Å². The first-order valence-corrected chi connectivity index (χ1v) is 6.44. The Labute approximate surface area is 112 Å². The van der Waals surface area contributed by atoms with Gasteiger partial charge in [-0.25, -0.2) is 0 Å². The zero-order valence-corrected chi connectivity index (χ0v) is 11.2. The summed E-state index contributed by atoms with van der Waals surface area (Å²) in [4.78, 5) is 12.8. The van der Waals surface area contributed by atoms with Crippen LogP contribution in [0.3, 0.4) is 0 Å². The second-order valence-corrected chi connectivity index (χ2v) is 5.42. The van der Waals surface area contributed by atoms with Crippen LogP contribution < -0.4 is 4.90 Å². The Morgan fingerprint density at radius 2 is 2.00 bits per heavy atom. The number of nitro benzene ring substituents is 1. The highest BCUT2D eigenvalue weighted by molar-refractivity contribution is 5.65. The standard InChI is InChI=1S/C14H17N3O2/c1-10-5-11(2)9-16(8-10)13-4-3-12(7-15)6-14(13)17(18)19/h3-4,6,10-11H,5,8-9H2,1-2H3/t10-,11-/m0/s1. The minimum absolute atomic E-state index is 0.0281. The maximum absolute atomic E-state index is 11.2. The number of anilines is 1. The Morgan fingerprint density at radius 3 is 2.53 bits per heavy atom. The largest absolute Gasteiger partial charge is 0.365 e. The van der Waals surface area contributed by atoms with E-state index in [0.717, 1.165) is 19.5 Å². The van der Waals surface area contributed by atoms with Gasteiger partial charge in [-0.1, -0.05) is 13.8 Å². The van der Waals surface area contributed by atoms with E-state index in [-0.39, 0.29) is 5.69 Å². The monoisotopic (exact) mass is 259 g/mol. The molecule has 0 aromatic heterocycles. The lowest BCUT2D eigenvalue weighted by atomic mass is 9.91. The number of hydrogen-bond acceptors (Lipinski definition) is 4. The SMILES string of the molecule is C[C@H]1C[C@H](C)CN(c2ccc(C#N)cc2[N+](=O)[O-])C1. The van der Waals surface area contributed by atoms with E-state index >= 15 is 0 Å². The normalized spacial score (nSPS) is 22.9. The number of benzene rings is 1. The van der Waals surface area contributed by atoms with E-state index in [1.807, 2.05) is 6.07 Å². The minimum atomic E-state index is -0.403. The number of rotatable bonds is 2. The predicted molar refractivity (Wildman–Crippen MR) is 73.0 cm³/mol. The molecule has 1 fully saturated rings. The lowest BCUT2D eigenvalue weighted by Crippen LogP contribution is -2.39. The molecule has 19 heavy (non-hydrogen) atoms. The Kier molecular flexibility index (Phi) is 3.70. The highest BCUT2D eigenvalue weighted by Gasteiger charge is 2.27. The van der Waals surface area contributed by atoms with Gasteiger partial charge in [0.2, 0.25) is 0 Å². The van der Waals surface area contributed by atoms with Crippen LogP contribution in [0.15, 0.2) is 18.2 Å². The van der Waals surface area contributed by atoms with Crippen molar-refractivity contribution in [2.24, 2.45) is 11.8 Å². The first-order valence-electron chi connectivity index (χ1n) is 6.44. The van der Waals surface area contributed by atoms with Gasteiger partial charge in [-0.05, 0) is 30.4 Å². The van der Waals surface area contributed by atoms with Crippen molar-refractivity contribution in [1.29, 1.82) is 5.26 Å². The third kappa shape index (κ3) is 2.84. The summed E-state index contributed by atoms with van der Waals surface area (Å²) in [5, 5.41) is 20.0. The molecule has 0 amide bonds. The molecular weight excluding hydrogens is 242 g/mol.